The largest absolute Gasteiger partial charge is 0.312 e. The summed E-state index contributed by atoms with van der Waals surface area (Å²) in [7, 11) is 0. The molecule has 0 heterocycles. The van der Waals surface area contributed by atoms with E-state index in [0.717, 1.165) is 6.54 Å². The van der Waals surface area contributed by atoms with Crippen LogP contribution in [0.25, 0.3) is 0 Å². The van der Waals surface area contributed by atoms with Crippen LogP contribution in [-0.2, 0) is 0 Å². The maximum absolute atomic E-state index is 3.65. The van der Waals surface area contributed by atoms with Gasteiger partial charge in [-0.15, -0.1) is 0 Å². The molecule has 0 rings (SSSR count). The van der Waals surface area contributed by atoms with Gasteiger partial charge in [0.1, 0.15) is 0 Å². The summed E-state index contributed by atoms with van der Waals surface area (Å²) in [4.78, 5) is 0. The van der Waals surface area contributed by atoms with Crippen molar-refractivity contribution in [1.82, 2.24) is 5.32 Å². The molecule has 2 heteroatoms. The number of nitrogens with one attached hydrogen (secondary N) is 1. The molecule has 0 aromatic rings. The predicted molar refractivity (Wildman–Crippen MR) is 73.8 cm³/mol. The van der Waals surface area contributed by atoms with Crippen LogP contribution < -0.4 is 5.32 Å². The van der Waals surface area contributed by atoms with E-state index in [-0.39, 0.29) is 5.54 Å². The zero-order valence-electron chi connectivity index (χ0n) is 11.4. The zero-order chi connectivity index (χ0) is 11.9. The molecule has 0 radical (unpaired) electrons. The van der Waals surface area contributed by atoms with Crippen LogP contribution >= 0.6 is 11.8 Å². The molecule has 0 spiro atoms. The summed E-state index contributed by atoms with van der Waals surface area (Å²) in [6, 6.07) is 0. The highest BCUT2D eigenvalue weighted by atomic mass is 32.2. The van der Waals surface area contributed by atoms with Crippen molar-refractivity contribution in [2.45, 2.75) is 59.4 Å². The zero-order valence-corrected chi connectivity index (χ0v) is 12.3. The van der Waals surface area contributed by atoms with Crippen LogP contribution in [0.15, 0.2) is 0 Å². The molecule has 0 bridgehead atoms. The molecule has 0 aliphatic carbocycles. The molecule has 0 aromatic carbocycles. The third kappa shape index (κ3) is 8.15. The van der Waals surface area contributed by atoms with E-state index in [1.807, 2.05) is 11.8 Å². The molecule has 0 saturated carbocycles. The number of hydrogen-bond donors (Lipinski definition) is 1. The smallest absolute Gasteiger partial charge is 0.00967 e. The quantitative estimate of drug-likeness (QED) is 0.712. The second-order valence-corrected chi connectivity index (χ2v) is 6.89. The monoisotopic (exact) mass is 231 g/mol. The van der Waals surface area contributed by atoms with Crippen molar-refractivity contribution in [2.24, 2.45) is 5.41 Å². The van der Waals surface area contributed by atoms with Gasteiger partial charge in [0.2, 0.25) is 0 Å². The Morgan fingerprint density at radius 1 is 1.07 bits per heavy atom. The van der Waals surface area contributed by atoms with E-state index in [1.165, 1.54) is 25.0 Å². The Kier molecular flexibility index (Phi) is 6.94. The van der Waals surface area contributed by atoms with Gasteiger partial charge in [-0.05, 0) is 51.0 Å². The van der Waals surface area contributed by atoms with Gasteiger partial charge in [0, 0.05) is 12.1 Å². The summed E-state index contributed by atoms with van der Waals surface area (Å²) in [6.45, 7) is 12.6. The van der Waals surface area contributed by atoms with Crippen LogP contribution in [0.1, 0.15) is 53.9 Å². The van der Waals surface area contributed by atoms with E-state index in [2.05, 4.69) is 46.2 Å². The Morgan fingerprint density at radius 2 is 1.67 bits per heavy atom. The molecule has 1 unspecified atom stereocenters. The molecule has 1 atom stereocenters. The van der Waals surface area contributed by atoms with Crippen molar-refractivity contribution >= 4 is 11.8 Å². The van der Waals surface area contributed by atoms with E-state index < -0.39 is 0 Å². The fraction of sp³-hybridized carbons (Fsp3) is 1.00. The van der Waals surface area contributed by atoms with Crippen molar-refractivity contribution in [1.29, 1.82) is 0 Å². The van der Waals surface area contributed by atoms with Crippen molar-refractivity contribution in [3.05, 3.63) is 0 Å². The van der Waals surface area contributed by atoms with E-state index in [4.69, 9.17) is 0 Å². The van der Waals surface area contributed by atoms with Gasteiger partial charge < -0.3 is 5.32 Å². The van der Waals surface area contributed by atoms with E-state index in [9.17, 15) is 0 Å². The fourth-order valence-corrected chi connectivity index (χ4v) is 2.43. The standard InChI is InChI=1S/C13H29NS/c1-7-8-13(5,9-10-15-6)11-14-12(2,3)4/h14H,7-11H2,1-6H3. The number of rotatable bonds is 7. The maximum Gasteiger partial charge on any atom is 0.00967 e. The van der Waals surface area contributed by atoms with Crippen LogP contribution in [-0.4, -0.2) is 24.1 Å². The summed E-state index contributed by atoms with van der Waals surface area (Å²) in [5, 5.41) is 3.65. The molecular formula is C13H29NS. The first-order valence-electron chi connectivity index (χ1n) is 6.07. The first kappa shape index (κ1) is 15.3. The molecule has 0 amide bonds. The molecule has 15 heavy (non-hydrogen) atoms. The topological polar surface area (TPSA) is 12.0 Å². The normalized spacial score (nSPS) is 16.4. The Bertz CT molecular complexity index is 162. The van der Waals surface area contributed by atoms with Gasteiger partial charge in [0.05, 0.1) is 0 Å². The van der Waals surface area contributed by atoms with Crippen LogP contribution in [0.5, 0.6) is 0 Å². The molecule has 0 aliphatic rings. The summed E-state index contributed by atoms with van der Waals surface area (Å²) < 4.78 is 0. The van der Waals surface area contributed by atoms with Crippen LogP contribution in [0.4, 0.5) is 0 Å². The molecule has 0 aromatic heterocycles. The molecule has 0 saturated heterocycles. The van der Waals surface area contributed by atoms with Crippen LogP contribution in [0.3, 0.4) is 0 Å². The highest BCUT2D eigenvalue weighted by Crippen LogP contribution is 2.28. The highest BCUT2D eigenvalue weighted by molar-refractivity contribution is 7.98. The van der Waals surface area contributed by atoms with Crippen molar-refractivity contribution < 1.29 is 0 Å². The van der Waals surface area contributed by atoms with Gasteiger partial charge in [-0.2, -0.15) is 11.8 Å². The predicted octanol–water partition coefficient (Wildman–Crippen LogP) is 3.93. The first-order valence-corrected chi connectivity index (χ1v) is 7.46. The molecule has 1 nitrogen and oxygen atoms in total. The molecular weight excluding hydrogens is 202 g/mol. The molecule has 1 N–H and O–H groups in total. The molecule has 92 valence electrons. The Morgan fingerprint density at radius 3 is 2.07 bits per heavy atom. The summed E-state index contributed by atoms with van der Waals surface area (Å²) in [5.41, 5.74) is 0.722. The minimum Gasteiger partial charge on any atom is -0.312 e. The highest BCUT2D eigenvalue weighted by Gasteiger charge is 2.24. The summed E-state index contributed by atoms with van der Waals surface area (Å²) >= 11 is 1.96. The first-order chi connectivity index (χ1) is 6.83. The minimum atomic E-state index is 0.244. The van der Waals surface area contributed by atoms with E-state index >= 15 is 0 Å². The lowest BCUT2D eigenvalue weighted by atomic mass is 9.82. The number of hydrogen-bond acceptors (Lipinski definition) is 2. The van der Waals surface area contributed by atoms with Gasteiger partial charge in [-0.25, -0.2) is 0 Å². The second-order valence-electron chi connectivity index (χ2n) is 5.91. The Hall–Kier alpha value is 0.310. The van der Waals surface area contributed by atoms with Gasteiger partial charge in [-0.3, -0.25) is 0 Å². The fourth-order valence-electron chi connectivity index (χ4n) is 1.73. The summed E-state index contributed by atoms with van der Waals surface area (Å²) in [5.74, 6) is 1.28. The van der Waals surface area contributed by atoms with Gasteiger partial charge in [0.25, 0.3) is 0 Å². The SMILES string of the molecule is CCCC(C)(CCSC)CNC(C)(C)C. The average Bonchev–Trinajstić information content (AvgIpc) is 2.12. The van der Waals surface area contributed by atoms with Crippen LogP contribution in [0, 0.1) is 5.41 Å². The van der Waals surface area contributed by atoms with Crippen molar-refractivity contribution in [2.75, 3.05) is 18.6 Å². The lowest BCUT2D eigenvalue weighted by molar-refractivity contribution is 0.239. The van der Waals surface area contributed by atoms with Crippen molar-refractivity contribution in [3.63, 3.8) is 0 Å². The van der Waals surface area contributed by atoms with Gasteiger partial charge in [-0.1, -0.05) is 20.3 Å². The molecule has 0 aliphatic heterocycles. The second kappa shape index (κ2) is 6.80. The lowest BCUT2D eigenvalue weighted by Gasteiger charge is -2.33. The third-order valence-electron chi connectivity index (χ3n) is 2.81. The Balaban J connectivity index is 4.11. The maximum atomic E-state index is 3.65. The minimum absolute atomic E-state index is 0.244. The van der Waals surface area contributed by atoms with E-state index in [1.54, 1.807) is 0 Å². The van der Waals surface area contributed by atoms with Gasteiger partial charge in [0.15, 0.2) is 0 Å². The Labute approximate surface area is 101 Å². The lowest BCUT2D eigenvalue weighted by Crippen LogP contribution is -2.43. The van der Waals surface area contributed by atoms with Crippen LogP contribution in [0.2, 0.25) is 0 Å². The van der Waals surface area contributed by atoms with Crippen molar-refractivity contribution in [3.8, 4) is 0 Å². The average molecular weight is 231 g/mol. The molecule has 0 fully saturated rings. The third-order valence-corrected chi connectivity index (χ3v) is 3.42. The van der Waals surface area contributed by atoms with E-state index in [0.29, 0.717) is 5.41 Å². The number of thioether (sulfide) groups is 1. The summed E-state index contributed by atoms with van der Waals surface area (Å²) in [6.07, 6.45) is 6.14. The van der Waals surface area contributed by atoms with Gasteiger partial charge >= 0.3 is 0 Å².